The van der Waals surface area contributed by atoms with E-state index in [4.69, 9.17) is 0 Å². The molecule has 3 aromatic rings. The second-order valence-corrected chi connectivity index (χ2v) is 9.99. The largest absolute Gasteiger partial charge is 0.353 e. The summed E-state index contributed by atoms with van der Waals surface area (Å²) in [6.07, 6.45) is 17.1. The van der Waals surface area contributed by atoms with Crippen molar-refractivity contribution in [2.75, 3.05) is 11.9 Å². The van der Waals surface area contributed by atoms with Gasteiger partial charge in [0.1, 0.15) is 0 Å². The highest BCUT2D eigenvalue weighted by Crippen LogP contribution is 2.29. The summed E-state index contributed by atoms with van der Waals surface area (Å²) in [7, 11) is 0. The third kappa shape index (κ3) is 6.18. The van der Waals surface area contributed by atoms with Gasteiger partial charge in [0.15, 0.2) is 5.82 Å². The monoisotopic (exact) mass is 446 g/mol. The zero-order valence-electron chi connectivity index (χ0n) is 20.6. The number of aliphatic imine (C=N–C) groups is 1. The van der Waals surface area contributed by atoms with Crippen LogP contribution in [0.1, 0.15) is 77.7 Å². The molecule has 0 atom stereocenters. The first-order chi connectivity index (χ1) is 16.0. The lowest BCUT2D eigenvalue weighted by atomic mass is 9.85. The topological polar surface area (TPSA) is 67.5 Å². The van der Waals surface area contributed by atoms with Gasteiger partial charge < -0.3 is 5.32 Å². The molecule has 3 aromatic heterocycles. The fraction of sp³-hybridized carbons (Fsp3) is 0.556. The van der Waals surface area contributed by atoms with Gasteiger partial charge in [0.25, 0.3) is 0 Å². The van der Waals surface area contributed by atoms with E-state index in [9.17, 15) is 0 Å². The summed E-state index contributed by atoms with van der Waals surface area (Å²) in [6.45, 7) is 9.31. The predicted octanol–water partition coefficient (Wildman–Crippen LogP) is 7.01. The normalized spacial score (nSPS) is 16.6. The lowest BCUT2D eigenvalue weighted by molar-refractivity contribution is 0.333. The molecule has 1 N–H and O–H groups in total. The molecule has 3 heterocycles. The van der Waals surface area contributed by atoms with Crippen LogP contribution in [0.4, 0.5) is 11.8 Å². The van der Waals surface area contributed by atoms with Crippen LogP contribution in [-0.2, 0) is 0 Å². The Morgan fingerprint density at radius 3 is 2.45 bits per heavy atom. The quantitative estimate of drug-likeness (QED) is 0.428. The van der Waals surface area contributed by atoms with Crippen LogP contribution in [-0.4, -0.2) is 31.8 Å². The zero-order chi connectivity index (χ0) is 23.2. The second kappa shape index (κ2) is 10.9. The predicted molar refractivity (Wildman–Crippen MR) is 137 cm³/mol. The molecule has 33 heavy (non-hydrogen) atoms. The summed E-state index contributed by atoms with van der Waals surface area (Å²) >= 11 is 0. The Morgan fingerprint density at radius 1 is 1.06 bits per heavy atom. The van der Waals surface area contributed by atoms with Crippen molar-refractivity contribution < 1.29 is 0 Å². The minimum Gasteiger partial charge on any atom is -0.353 e. The van der Waals surface area contributed by atoms with Gasteiger partial charge in [-0.25, -0.2) is 19.5 Å². The number of aromatic nitrogens is 4. The molecule has 0 aromatic carbocycles. The summed E-state index contributed by atoms with van der Waals surface area (Å²) in [5, 5.41) is 7.94. The maximum Gasteiger partial charge on any atom is 0.241 e. The van der Waals surface area contributed by atoms with Crippen LogP contribution >= 0.6 is 0 Å². The molecule has 2 saturated carbocycles. The van der Waals surface area contributed by atoms with Gasteiger partial charge >= 0.3 is 0 Å². The average Bonchev–Trinajstić information content (AvgIpc) is 3.18. The average molecular weight is 447 g/mol. The molecule has 176 valence electrons. The van der Waals surface area contributed by atoms with E-state index in [0.29, 0.717) is 5.95 Å². The minimum atomic E-state index is 0.684. The molecule has 2 aliphatic carbocycles. The van der Waals surface area contributed by atoms with Crippen LogP contribution in [0.5, 0.6) is 0 Å². The van der Waals surface area contributed by atoms with Gasteiger partial charge in [-0.15, -0.1) is 5.10 Å². The lowest BCUT2D eigenvalue weighted by Crippen LogP contribution is -2.22. The van der Waals surface area contributed by atoms with Crippen LogP contribution < -0.4 is 5.32 Å². The van der Waals surface area contributed by atoms with Crippen molar-refractivity contribution in [3.63, 3.8) is 0 Å². The number of aryl methyl sites for hydroxylation is 1. The van der Waals surface area contributed by atoms with Gasteiger partial charge in [-0.1, -0.05) is 45.4 Å². The third-order valence-corrected chi connectivity index (χ3v) is 6.78. The zero-order valence-corrected chi connectivity index (χ0v) is 20.6. The van der Waals surface area contributed by atoms with Gasteiger partial charge in [0.2, 0.25) is 5.95 Å². The van der Waals surface area contributed by atoms with Gasteiger partial charge in [-0.3, -0.25) is 0 Å². The van der Waals surface area contributed by atoms with E-state index >= 15 is 0 Å². The second-order valence-electron chi connectivity index (χ2n) is 9.99. The first-order valence-electron chi connectivity index (χ1n) is 12.6. The van der Waals surface area contributed by atoms with Crippen molar-refractivity contribution in [2.24, 2.45) is 16.8 Å². The van der Waals surface area contributed by atoms with Crippen LogP contribution in [0, 0.1) is 18.8 Å². The number of pyridine rings is 1. The number of nitrogens with zero attached hydrogens (tertiary/aromatic N) is 5. The van der Waals surface area contributed by atoms with E-state index in [-0.39, 0.29) is 0 Å². The fourth-order valence-electron chi connectivity index (χ4n) is 4.51. The van der Waals surface area contributed by atoms with Crippen LogP contribution in [0.2, 0.25) is 0 Å². The molecule has 0 radical (unpaired) electrons. The van der Waals surface area contributed by atoms with E-state index in [1.54, 1.807) is 0 Å². The molecule has 0 unspecified atom stereocenters. The van der Waals surface area contributed by atoms with Crippen molar-refractivity contribution in [1.82, 2.24) is 19.6 Å². The van der Waals surface area contributed by atoms with E-state index in [1.807, 2.05) is 43.9 Å². The van der Waals surface area contributed by atoms with Gasteiger partial charge in [-0.05, 0) is 63.1 Å². The van der Waals surface area contributed by atoms with Crippen molar-refractivity contribution in [3.05, 3.63) is 36.3 Å². The Kier molecular flexibility index (Phi) is 7.73. The van der Waals surface area contributed by atoms with Crippen molar-refractivity contribution >= 4 is 23.0 Å². The Balaban J connectivity index is 0.000000318. The van der Waals surface area contributed by atoms with Crippen LogP contribution in [0.25, 0.3) is 16.6 Å². The SMILES string of the molecule is CC(C)=Nc1ncc(-c2ccn3nc(NCC4CCC4)ncc23)cc1C.CC1CCCCC1. The Labute approximate surface area is 198 Å². The fourth-order valence-corrected chi connectivity index (χ4v) is 4.51. The molecule has 0 bridgehead atoms. The Morgan fingerprint density at radius 2 is 1.85 bits per heavy atom. The van der Waals surface area contributed by atoms with Crippen molar-refractivity contribution in [3.8, 4) is 11.1 Å². The number of anilines is 1. The van der Waals surface area contributed by atoms with Gasteiger partial charge in [0, 0.05) is 35.8 Å². The molecule has 6 nitrogen and oxygen atoms in total. The molecule has 6 heteroatoms. The highest BCUT2D eigenvalue weighted by atomic mass is 15.3. The number of fused-ring (bicyclic) bond motifs is 1. The Bertz CT molecular complexity index is 1090. The number of hydrogen-bond acceptors (Lipinski definition) is 5. The number of rotatable bonds is 5. The standard InChI is InChI=1S/C20H24N6.C7H14/c1-13(2)24-19-14(3)9-16(11-21-19)17-7-8-26-18(17)12-23-20(25-26)22-10-15-5-4-6-15;1-7-5-3-2-4-6-7/h7-9,11-12,15H,4-6,10H2,1-3H3,(H,22,25);7H,2-6H2,1H3. The van der Waals surface area contributed by atoms with Crippen LogP contribution in [0.15, 0.2) is 35.7 Å². The van der Waals surface area contributed by atoms with Crippen molar-refractivity contribution in [2.45, 2.75) is 79.1 Å². The highest BCUT2D eigenvalue weighted by Gasteiger charge is 2.17. The lowest BCUT2D eigenvalue weighted by Gasteiger charge is -2.25. The Hall–Kier alpha value is -2.76. The summed E-state index contributed by atoms with van der Waals surface area (Å²) in [6, 6.07) is 4.18. The van der Waals surface area contributed by atoms with E-state index in [0.717, 1.165) is 52.1 Å². The third-order valence-electron chi connectivity index (χ3n) is 6.78. The summed E-state index contributed by atoms with van der Waals surface area (Å²) < 4.78 is 1.88. The van der Waals surface area contributed by atoms with Crippen molar-refractivity contribution in [1.29, 1.82) is 0 Å². The molecular weight excluding hydrogens is 408 g/mol. The highest BCUT2D eigenvalue weighted by molar-refractivity contribution is 5.83. The molecule has 2 aliphatic rings. The molecule has 0 aliphatic heterocycles. The van der Waals surface area contributed by atoms with E-state index < -0.39 is 0 Å². The first-order valence-corrected chi connectivity index (χ1v) is 12.6. The number of nitrogens with one attached hydrogen (secondary N) is 1. The van der Waals surface area contributed by atoms with Gasteiger partial charge in [-0.2, -0.15) is 0 Å². The molecule has 0 spiro atoms. The number of hydrogen-bond donors (Lipinski definition) is 1. The molecule has 0 amide bonds. The summed E-state index contributed by atoms with van der Waals surface area (Å²) in [5.74, 6) is 3.27. The molecule has 0 saturated heterocycles. The summed E-state index contributed by atoms with van der Waals surface area (Å²) in [5.41, 5.74) is 5.16. The van der Waals surface area contributed by atoms with E-state index in [2.05, 4.69) is 44.4 Å². The minimum absolute atomic E-state index is 0.684. The molecule has 5 rings (SSSR count). The molecule has 2 fully saturated rings. The maximum atomic E-state index is 4.58. The maximum absolute atomic E-state index is 4.58. The summed E-state index contributed by atoms with van der Waals surface area (Å²) in [4.78, 5) is 13.5. The first kappa shape index (κ1) is 23.4. The smallest absolute Gasteiger partial charge is 0.241 e. The van der Waals surface area contributed by atoms with Crippen LogP contribution in [0.3, 0.4) is 0 Å². The molecular formula is C27H38N6. The van der Waals surface area contributed by atoms with E-state index in [1.165, 1.54) is 51.4 Å². The van der Waals surface area contributed by atoms with Gasteiger partial charge in [0.05, 0.1) is 11.7 Å².